The summed E-state index contributed by atoms with van der Waals surface area (Å²) in [4.78, 5) is 30.0. The molecule has 0 fully saturated rings. The van der Waals surface area contributed by atoms with Crippen LogP contribution in [-0.4, -0.2) is 23.1 Å². The fraction of sp³-hybridized carbons (Fsp3) is 0.174. The summed E-state index contributed by atoms with van der Waals surface area (Å²) in [5.74, 6) is 0.573. The van der Waals surface area contributed by atoms with Crippen molar-refractivity contribution in [3.8, 4) is 11.3 Å². The second-order valence-corrected chi connectivity index (χ2v) is 8.12. The first kappa shape index (κ1) is 19.4. The third-order valence-electron chi connectivity index (χ3n) is 5.69. The van der Waals surface area contributed by atoms with Crippen LogP contribution in [0.5, 0.6) is 0 Å². The van der Waals surface area contributed by atoms with Gasteiger partial charge in [-0.15, -0.1) is 0 Å². The molecule has 7 nitrogen and oxygen atoms in total. The van der Waals surface area contributed by atoms with Gasteiger partial charge in [-0.1, -0.05) is 59.6 Å². The van der Waals surface area contributed by atoms with Crippen molar-refractivity contribution in [1.82, 2.24) is 23.1 Å². The monoisotopic (exact) mass is 433 g/mol. The molecule has 0 bridgehead atoms. The van der Waals surface area contributed by atoms with Crippen molar-refractivity contribution in [3.63, 3.8) is 0 Å². The number of aromatic nitrogens is 5. The largest absolute Gasteiger partial charge is 0.332 e. The molecule has 0 aliphatic carbocycles. The molecule has 0 amide bonds. The SMILES string of the molecule is Cc1ccc(-c2cn3c4c(=O)n(C)c(=O)n(C)c4nc3n2Cc2ccccc2Cl)cc1. The van der Waals surface area contributed by atoms with Gasteiger partial charge in [-0.2, -0.15) is 4.98 Å². The van der Waals surface area contributed by atoms with Crippen molar-refractivity contribution < 1.29 is 0 Å². The zero-order chi connectivity index (χ0) is 21.9. The number of benzene rings is 2. The highest BCUT2D eigenvalue weighted by atomic mass is 35.5. The number of imidazole rings is 2. The summed E-state index contributed by atoms with van der Waals surface area (Å²) in [6.45, 7) is 2.51. The molecule has 31 heavy (non-hydrogen) atoms. The van der Waals surface area contributed by atoms with Crippen LogP contribution in [0, 0.1) is 6.92 Å². The predicted molar refractivity (Wildman–Crippen MR) is 122 cm³/mol. The Hall–Kier alpha value is -3.58. The standard InChI is InChI=1S/C23H20ClN5O2/c1-14-8-10-15(11-9-14)18-13-29-19-20(26(2)23(31)27(3)21(19)30)25-22(29)28(18)12-16-6-4-5-7-17(16)24/h4-11,13H,12H2,1-3H3. The van der Waals surface area contributed by atoms with Gasteiger partial charge in [-0.25, -0.2) is 4.79 Å². The lowest BCUT2D eigenvalue weighted by Crippen LogP contribution is -2.37. The fourth-order valence-electron chi connectivity index (χ4n) is 3.92. The highest BCUT2D eigenvalue weighted by Gasteiger charge is 2.21. The number of halogens is 1. The number of aryl methyl sites for hydroxylation is 2. The van der Waals surface area contributed by atoms with E-state index in [1.54, 1.807) is 11.4 Å². The molecule has 0 unspecified atom stereocenters. The quantitative estimate of drug-likeness (QED) is 0.438. The van der Waals surface area contributed by atoms with Crippen LogP contribution in [0.25, 0.3) is 28.2 Å². The van der Waals surface area contributed by atoms with Crippen LogP contribution >= 0.6 is 11.6 Å². The van der Waals surface area contributed by atoms with Gasteiger partial charge < -0.3 is 4.57 Å². The Morgan fingerprint density at radius 3 is 2.39 bits per heavy atom. The molecule has 0 atom stereocenters. The first-order chi connectivity index (χ1) is 14.9. The van der Waals surface area contributed by atoms with Gasteiger partial charge in [0.1, 0.15) is 0 Å². The van der Waals surface area contributed by atoms with Gasteiger partial charge in [0.05, 0.1) is 12.2 Å². The van der Waals surface area contributed by atoms with Crippen molar-refractivity contribution in [1.29, 1.82) is 0 Å². The van der Waals surface area contributed by atoms with E-state index in [0.717, 1.165) is 27.0 Å². The van der Waals surface area contributed by atoms with Crippen molar-refractivity contribution in [2.45, 2.75) is 13.5 Å². The molecule has 8 heteroatoms. The van der Waals surface area contributed by atoms with Gasteiger partial charge in [0.15, 0.2) is 11.2 Å². The molecule has 2 aromatic carbocycles. The second kappa shape index (κ2) is 6.99. The van der Waals surface area contributed by atoms with E-state index in [4.69, 9.17) is 16.6 Å². The molecule has 0 aliphatic heterocycles. The summed E-state index contributed by atoms with van der Waals surface area (Å²) < 4.78 is 6.29. The average Bonchev–Trinajstić information content (AvgIpc) is 3.30. The summed E-state index contributed by atoms with van der Waals surface area (Å²) in [5, 5.41) is 0.656. The molecule has 0 saturated carbocycles. The Bertz CT molecular complexity index is 1590. The van der Waals surface area contributed by atoms with Crippen LogP contribution in [0.2, 0.25) is 5.02 Å². The maximum absolute atomic E-state index is 12.9. The smallest absolute Gasteiger partial charge is 0.305 e. The third kappa shape index (κ3) is 2.92. The van der Waals surface area contributed by atoms with Crippen LogP contribution in [0.3, 0.4) is 0 Å². The van der Waals surface area contributed by atoms with E-state index in [9.17, 15) is 9.59 Å². The molecular weight excluding hydrogens is 414 g/mol. The zero-order valence-electron chi connectivity index (χ0n) is 17.3. The second-order valence-electron chi connectivity index (χ2n) is 7.72. The molecule has 5 aromatic rings. The van der Waals surface area contributed by atoms with Crippen molar-refractivity contribution in [2.24, 2.45) is 14.1 Å². The first-order valence-corrected chi connectivity index (χ1v) is 10.2. The molecule has 5 rings (SSSR count). The van der Waals surface area contributed by atoms with Gasteiger partial charge in [-0.05, 0) is 24.1 Å². The minimum Gasteiger partial charge on any atom is -0.305 e. The maximum atomic E-state index is 12.9. The molecule has 3 aromatic heterocycles. The number of fused-ring (bicyclic) bond motifs is 3. The van der Waals surface area contributed by atoms with Gasteiger partial charge in [-0.3, -0.25) is 18.3 Å². The minimum absolute atomic E-state index is 0.353. The van der Waals surface area contributed by atoms with Crippen LogP contribution in [0.15, 0.2) is 64.3 Å². The summed E-state index contributed by atoms with van der Waals surface area (Å²) in [7, 11) is 3.10. The number of rotatable bonds is 3. The van der Waals surface area contributed by atoms with Gasteiger partial charge in [0, 0.05) is 25.3 Å². The van der Waals surface area contributed by atoms with E-state index >= 15 is 0 Å². The van der Waals surface area contributed by atoms with Crippen molar-refractivity contribution in [3.05, 3.63) is 91.7 Å². The Morgan fingerprint density at radius 1 is 0.968 bits per heavy atom. The van der Waals surface area contributed by atoms with E-state index in [2.05, 4.69) is 0 Å². The molecular formula is C23H20ClN5O2. The highest BCUT2D eigenvalue weighted by Crippen LogP contribution is 2.28. The average molecular weight is 434 g/mol. The fourth-order valence-corrected chi connectivity index (χ4v) is 4.12. The van der Waals surface area contributed by atoms with E-state index in [-0.39, 0.29) is 5.56 Å². The van der Waals surface area contributed by atoms with Gasteiger partial charge >= 0.3 is 5.69 Å². The van der Waals surface area contributed by atoms with E-state index in [1.165, 1.54) is 11.6 Å². The summed E-state index contributed by atoms with van der Waals surface area (Å²) in [6, 6.07) is 15.8. The summed E-state index contributed by atoms with van der Waals surface area (Å²) >= 11 is 6.44. The third-order valence-corrected chi connectivity index (χ3v) is 6.06. The lowest BCUT2D eigenvalue weighted by molar-refractivity contribution is 0.707. The van der Waals surface area contributed by atoms with E-state index in [1.807, 2.05) is 66.2 Å². The van der Waals surface area contributed by atoms with Crippen LogP contribution in [-0.2, 0) is 20.6 Å². The first-order valence-electron chi connectivity index (χ1n) is 9.84. The Balaban J connectivity index is 1.87. The molecule has 0 N–H and O–H groups in total. The minimum atomic E-state index is -0.408. The molecule has 156 valence electrons. The van der Waals surface area contributed by atoms with E-state index < -0.39 is 5.69 Å². The number of hydrogen-bond acceptors (Lipinski definition) is 3. The van der Waals surface area contributed by atoms with E-state index in [0.29, 0.717) is 28.5 Å². The summed E-state index contributed by atoms with van der Waals surface area (Å²) in [6.07, 6.45) is 1.90. The molecule has 3 heterocycles. The molecule has 0 saturated heterocycles. The van der Waals surface area contributed by atoms with Crippen molar-refractivity contribution >= 4 is 28.5 Å². The zero-order valence-corrected chi connectivity index (χ0v) is 18.1. The van der Waals surface area contributed by atoms with Crippen LogP contribution in [0.1, 0.15) is 11.1 Å². The Kier molecular flexibility index (Phi) is 4.37. The maximum Gasteiger partial charge on any atom is 0.332 e. The molecule has 0 radical (unpaired) electrons. The summed E-state index contributed by atoms with van der Waals surface area (Å²) in [5.41, 5.74) is 3.93. The highest BCUT2D eigenvalue weighted by molar-refractivity contribution is 6.31. The topological polar surface area (TPSA) is 66.2 Å². The Labute approximate surface area is 182 Å². The Morgan fingerprint density at radius 2 is 1.68 bits per heavy atom. The van der Waals surface area contributed by atoms with Crippen molar-refractivity contribution in [2.75, 3.05) is 0 Å². The predicted octanol–water partition coefficient (Wildman–Crippen LogP) is 3.36. The number of hydrogen-bond donors (Lipinski definition) is 0. The molecule has 0 aliphatic rings. The van der Waals surface area contributed by atoms with Crippen LogP contribution in [0.4, 0.5) is 0 Å². The van der Waals surface area contributed by atoms with Gasteiger partial charge in [0.2, 0.25) is 5.78 Å². The normalized spacial score (nSPS) is 11.6. The molecule has 0 spiro atoms. The van der Waals surface area contributed by atoms with Gasteiger partial charge in [0.25, 0.3) is 5.56 Å². The van der Waals surface area contributed by atoms with Crippen LogP contribution < -0.4 is 11.2 Å². The lowest BCUT2D eigenvalue weighted by Gasteiger charge is -2.11. The lowest BCUT2D eigenvalue weighted by atomic mass is 10.1. The number of nitrogens with zero attached hydrogens (tertiary/aromatic N) is 5.